The molecule has 0 amide bonds. The molecule has 3 atom stereocenters. The average Bonchev–Trinajstić information content (AvgIpc) is 2.75. The van der Waals surface area contributed by atoms with Crippen LogP contribution >= 0.6 is 0 Å². The minimum atomic E-state index is 0.805. The van der Waals surface area contributed by atoms with Gasteiger partial charge in [-0.05, 0) is 58.5 Å². The van der Waals surface area contributed by atoms with Crippen molar-refractivity contribution < 1.29 is 0 Å². The van der Waals surface area contributed by atoms with Crippen molar-refractivity contribution in [2.75, 3.05) is 13.1 Å². The Bertz CT molecular complexity index is 205. The van der Waals surface area contributed by atoms with Gasteiger partial charge in [0, 0.05) is 18.1 Å². The Morgan fingerprint density at radius 1 is 1.19 bits per heavy atom. The molecule has 94 valence electrons. The number of nitrogens with one attached hydrogen (secondary N) is 1. The van der Waals surface area contributed by atoms with E-state index in [1.165, 1.54) is 58.0 Å². The van der Waals surface area contributed by atoms with Crippen LogP contribution in [-0.4, -0.2) is 36.1 Å². The van der Waals surface area contributed by atoms with E-state index in [9.17, 15) is 0 Å². The first-order valence-corrected chi connectivity index (χ1v) is 7.30. The van der Waals surface area contributed by atoms with E-state index >= 15 is 0 Å². The van der Waals surface area contributed by atoms with Gasteiger partial charge in [-0.2, -0.15) is 0 Å². The molecule has 0 spiro atoms. The fraction of sp³-hybridized carbons (Fsp3) is 1.00. The van der Waals surface area contributed by atoms with Gasteiger partial charge in [0.1, 0.15) is 0 Å². The molecule has 2 fully saturated rings. The van der Waals surface area contributed by atoms with Crippen LogP contribution in [0.1, 0.15) is 58.8 Å². The van der Waals surface area contributed by atoms with E-state index in [4.69, 9.17) is 0 Å². The number of rotatable bonds is 4. The van der Waals surface area contributed by atoms with Crippen LogP contribution in [0.3, 0.4) is 0 Å². The molecule has 0 aromatic rings. The van der Waals surface area contributed by atoms with Crippen molar-refractivity contribution in [2.45, 2.75) is 76.9 Å². The minimum absolute atomic E-state index is 0.805. The van der Waals surface area contributed by atoms with Gasteiger partial charge < -0.3 is 5.32 Å². The maximum Gasteiger partial charge on any atom is 0.0113 e. The van der Waals surface area contributed by atoms with Gasteiger partial charge in [-0.25, -0.2) is 0 Å². The highest BCUT2D eigenvalue weighted by molar-refractivity contribution is 4.89. The van der Waals surface area contributed by atoms with Crippen LogP contribution in [0, 0.1) is 0 Å². The van der Waals surface area contributed by atoms with Gasteiger partial charge >= 0.3 is 0 Å². The second-order valence-electron chi connectivity index (χ2n) is 5.70. The first-order chi connectivity index (χ1) is 7.81. The van der Waals surface area contributed by atoms with Crippen molar-refractivity contribution in [3.05, 3.63) is 0 Å². The van der Waals surface area contributed by atoms with Crippen LogP contribution in [0.5, 0.6) is 0 Å². The minimum Gasteiger partial charge on any atom is -0.314 e. The SMILES string of the molecule is CCCNC1CCC(N2CCCCC2C)C1. The van der Waals surface area contributed by atoms with E-state index in [-0.39, 0.29) is 0 Å². The summed E-state index contributed by atoms with van der Waals surface area (Å²) >= 11 is 0. The van der Waals surface area contributed by atoms with Gasteiger partial charge in [0.15, 0.2) is 0 Å². The van der Waals surface area contributed by atoms with Crippen molar-refractivity contribution in [1.29, 1.82) is 0 Å². The fourth-order valence-corrected chi connectivity index (χ4v) is 3.46. The zero-order valence-electron chi connectivity index (χ0n) is 11.0. The van der Waals surface area contributed by atoms with Crippen LogP contribution in [0.25, 0.3) is 0 Å². The molecular formula is C14H28N2. The molecule has 16 heavy (non-hydrogen) atoms. The molecule has 1 aliphatic carbocycles. The summed E-state index contributed by atoms with van der Waals surface area (Å²) in [7, 11) is 0. The molecule has 2 aliphatic rings. The van der Waals surface area contributed by atoms with Gasteiger partial charge in [-0.1, -0.05) is 13.3 Å². The number of hydrogen-bond acceptors (Lipinski definition) is 2. The molecule has 0 radical (unpaired) electrons. The van der Waals surface area contributed by atoms with Gasteiger partial charge in [0.05, 0.1) is 0 Å². The average molecular weight is 224 g/mol. The van der Waals surface area contributed by atoms with Crippen LogP contribution < -0.4 is 5.32 Å². The number of nitrogens with zero attached hydrogens (tertiary/aromatic N) is 1. The zero-order valence-corrected chi connectivity index (χ0v) is 11.0. The highest BCUT2D eigenvalue weighted by Gasteiger charge is 2.32. The quantitative estimate of drug-likeness (QED) is 0.790. The van der Waals surface area contributed by atoms with Crippen molar-refractivity contribution in [3.63, 3.8) is 0 Å². The molecule has 1 saturated carbocycles. The molecule has 2 nitrogen and oxygen atoms in total. The van der Waals surface area contributed by atoms with E-state index in [1.807, 2.05) is 0 Å². The molecule has 0 aromatic carbocycles. The van der Waals surface area contributed by atoms with E-state index in [0.29, 0.717) is 0 Å². The maximum atomic E-state index is 3.69. The van der Waals surface area contributed by atoms with Gasteiger partial charge in [-0.3, -0.25) is 4.90 Å². The van der Waals surface area contributed by atoms with Crippen molar-refractivity contribution >= 4 is 0 Å². The van der Waals surface area contributed by atoms with Crippen LogP contribution in [0.2, 0.25) is 0 Å². The number of likely N-dealkylation sites (tertiary alicyclic amines) is 1. The Hall–Kier alpha value is -0.0800. The highest BCUT2D eigenvalue weighted by Crippen LogP contribution is 2.29. The lowest BCUT2D eigenvalue weighted by molar-refractivity contribution is 0.106. The molecular weight excluding hydrogens is 196 g/mol. The van der Waals surface area contributed by atoms with E-state index in [2.05, 4.69) is 24.1 Å². The Morgan fingerprint density at radius 3 is 2.81 bits per heavy atom. The molecule has 1 aliphatic heterocycles. The summed E-state index contributed by atoms with van der Waals surface area (Å²) in [6.45, 7) is 7.23. The van der Waals surface area contributed by atoms with Crippen LogP contribution in [-0.2, 0) is 0 Å². The zero-order chi connectivity index (χ0) is 11.4. The molecule has 2 rings (SSSR count). The largest absolute Gasteiger partial charge is 0.314 e. The Labute approximate surface area is 101 Å². The Morgan fingerprint density at radius 2 is 2.06 bits per heavy atom. The summed E-state index contributed by atoms with van der Waals surface area (Å²) in [6.07, 6.45) is 9.77. The lowest BCUT2D eigenvalue weighted by Crippen LogP contribution is -2.44. The molecule has 1 N–H and O–H groups in total. The third-order valence-corrected chi connectivity index (χ3v) is 4.41. The normalized spacial score (nSPS) is 36.8. The first-order valence-electron chi connectivity index (χ1n) is 7.30. The summed E-state index contributed by atoms with van der Waals surface area (Å²) in [5.41, 5.74) is 0. The lowest BCUT2D eigenvalue weighted by Gasteiger charge is -2.38. The third kappa shape index (κ3) is 2.98. The van der Waals surface area contributed by atoms with Crippen LogP contribution in [0.4, 0.5) is 0 Å². The molecule has 3 unspecified atom stereocenters. The second kappa shape index (κ2) is 6.02. The Balaban J connectivity index is 1.78. The maximum absolute atomic E-state index is 3.69. The van der Waals surface area contributed by atoms with Gasteiger partial charge in [-0.15, -0.1) is 0 Å². The van der Waals surface area contributed by atoms with Gasteiger partial charge in [0.25, 0.3) is 0 Å². The summed E-state index contributed by atoms with van der Waals surface area (Å²) in [6, 6.07) is 2.52. The fourth-order valence-electron chi connectivity index (χ4n) is 3.46. The van der Waals surface area contributed by atoms with E-state index in [1.54, 1.807) is 0 Å². The standard InChI is InChI=1S/C14H28N2/c1-3-9-15-13-7-8-14(11-13)16-10-5-4-6-12(16)2/h12-15H,3-11H2,1-2H3. The van der Waals surface area contributed by atoms with Crippen molar-refractivity contribution in [2.24, 2.45) is 0 Å². The smallest absolute Gasteiger partial charge is 0.0113 e. The van der Waals surface area contributed by atoms with Crippen LogP contribution in [0.15, 0.2) is 0 Å². The first kappa shape index (κ1) is 12.4. The van der Waals surface area contributed by atoms with E-state index < -0.39 is 0 Å². The highest BCUT2D eigenvalue weighted by atomic mass is 15.2. The topological polar surface area (TPSA) is 15.3 Å². The lowest BCUT2D eigenvalue weighted by atomic mass is 10.0. The number of piperidine rings is 1. The summed E-state index contributed by atoms with van der Waals surface area (Å²) in [4.78, 5) is 2.79. The molecule has 2 heteroatoms. The molecule has 0 aromatic heterocycles. The summed E-state index contributed by atoms with van der Waals surface area (Å²) in [5, 5.41) is 3.69. The summed E-state index contributed by atoms with van der Waals surface area (Å²) < 4.78 is 0. The third-order valence-electron chi connectivity index (χ3n) is 4.41. The molecule has 1 saturated heterocycles. The van der Waals surface area contributed by atoms with Crippen molar-refractivity contribution in [1.82, 2.24) is 10.2 Å². The summed E-state index contributed by atoms with van der Waals surface area (Å²) in [5.74, 6) is 0. The molecule has 1 heterocycles. The second-order valence-corrected chi connectivity index (χ2v) is 5.70. The predicted octanol–water partition coefficient (Wildman–Crippen LogP) is 2.78. The van der Waals surface area contributed by atoms with E-state index in [0.717, 1.165) is 18.1 Å². The molecule has 0 bridgehead atoms. The van der Waals surface area contributed by atoms with Gasteiger partial charge in [0.2, 0.25) is 0 Å². The number of hydrogen-bond donors (Lipinski definition) is 1. The monoisotopic (exact) mass is 224 g/mol. The Kier molecular flexibility index (Phi) is 4.66. The van der Waals surface area contributed by atoms with Crippen molar-refractivity contribution in [3.8, 4) is 0 Å². The predicted molar refractivity (Wildman–Crippen MR) is 69.7 cm³/mol.